The molecule has 0 bridgehead atoms. The van der Waals surface area contributed by atoms with Crippen LogP contribution in [0.3, 0.4) is 0 Å². The number of aromatic amines is 2. The van der Waals surface area contributed by atoms with Crippen molar-refractivity contribution in [2.45, 2.75) is 25.3 Å². The molecular weight excluding hydrogens is 210 g/mol. The van der Waals surface area contributed by atoms with Gasteiger partial charge in [-0.25, -0.2) is 9.89 Å². The van der Waals surface area contributed by atoms with Gasteiger partial charge in [-0.3, -0.25) is 9.78 Å². The molecule has 2 rings (SSSR count). The lowest BCUT2D eigenvalue weighted by molar-refractivity contribution is 0.384. The number of nitrogens with one attached hydrogen (secondary N) is 2. The maximum Gasteiger partial charge on any atom is 0.342 e. The molecule has 1 fully saturated rings. The van der Waals surface area contributed by atoms with Crippen LogP contribution < -0.4 is 21.9 Å². The van der Waals surface area contributed by atoms with Crippen molar-refractivity contribution in [3.05, 3.63) is 20.8 Å². The summed E-state index contributed by atoms with van der Waals surface area (Å²) in [4.78, 5) is 26.5. The normalized spacial score (nSPS) is 15.8. The van der Waals surface area contributed by atoms with Crippen LogP contribution in [0, 0.1) is 0 Å². The van der Waals surface area contributed by atoms with Crippen molar-refractivity contribution in [3.63, 3.8) is 0 Å². The van der Waals surface area contributed by atoms with Crippen molar-refractivity contribution in [1.29, 1.82) is 0 Å². The fraction of sp³-hybridized carbons (Fsp3) is 0.667. The summed E-state index contributed by atoms with van der Waals surface area (Å²) in [5.74, 6) is 0.259. The van der Waals surface area contributed by atoms with E-state index in [0.29, 0.717) is 19.1 Å². The summed E-state index contributed by atoms with van der Waals surface area (Å²) in [6, 6.07) is 0.322. The largest absolute Gasteiger partial charge is 0.346 e. The van der Waals surface area contributed by atoms with Crippen LogP contribution in [0.2, 0.25) is 0 Å². The van der Waals surface area contributed by atoms with Crippen LogP contribution in [-0.4, -0.2) is 34.3 Å². The number of nitrogens with two attached hydrogens (primary N) is 1. The maximum atomic E-state index is 11.6. The molecule has 1 aliphatic rings. The smallest absolute Gasteiger partial charge is 0.342 e. The summed E-state index contributed by atoms with van der Waals surface area (Å²) in [5, 5.41) is 6.03. The molecular formula is C9H15N5O2. The van der Waals surface area contributed by atoms with Gasteiger partial charge >= 0.3 is 5.69 Å². The van der Waals surface area contributed by atoms with Crippen molar-refractivity contribution < 1.29 is 0 Å². The molecule has 0 amide bonds. The number of anilines is 1. The number of hydrogen-bond donors (Lipinski definition) is 3. The predicted octanol–water partition coefficient (Wildman–Crippen LogP) is -1.22. The highest BCUT2D eigenvalue weighted by molar-refractivity contribution is 5.36. The van der Waals surface area contributed by atoms with Gasteiger partial charge in [0.05, 0.1) is 0 Å². The quantitative estimate of drug-likeness (QED) is 0.595. The molecule has 0 saturated heterocycles. The van der Waals surface area contributed by atoms with E-state index in [0.717, 1.165) is 19.3 Å². The van der Waals surface area contributed by atoms with E-state index < -0.39 is 11.2 Å². The Labute approximate surface area is 91.7 Å². The molecule has 1 aromatic heterocycles. The van der Waals surface area contributed by atoms with Gasteiger partial charge < -0.3 is 10.6 Å². The molecule has 0 radical (unpaired) electrons. The van der Waals surface area contributed by atoms with Crippen LogP contribution in [0.25, 0.3) is 0 Å². The average molecular weight is 225 g/mol. The van der Waals surface area contributed by atoms with E-state index >= 15 is 0 Å². The number of hydrogen-bond acceptors (Lipinski definition) is 5. The van der Waals surface area contributed by atoms with E-state index in [1.54, 1.807) is 0 Å². The van der Waals surface area contributed by atoms with E-state index in [1.807, 2.05) is 4.90 Å². The van der Waals surface area contributed by atoms with Gasteiger partial charge in [0.2, 0.25) is 5.82 Å². The molecule has 88 valence electrons. The van der Waals surface area contributed by atoms with Crippen LogP contribution in [0.1, 0.15) is 19.3 Å². The standard InChI is InChI=1S/C9H15N5O2/c10-4-5-14(6-2-1-3-6)7-8(15)11-9(16)13-12-7/h6H,1-5,10H2,(H2,11,13,15,16). The lowest BCUT2D eigenvalue weighted by Crippen LogP contribution is -2.47. The first-order chi connectivity index (χ1) is 7.72. The Morgan fingerprint density at radius 1 is 1.44 bits per heavy atom. The van der Waals surface area contributed by atoms with Crippen LogP contribution in [0.4, 0.5) is 5.82 Å². The van der Waals surface area contributed by atoms with Crippen molar-refractivity contribution in [1.82, 2.24) is 15.2 Å². The summed E-state index contributed by atoms with van der Waals surface area (Å²) in [6.45, 7) is 1.03. The summed E-state index contributed by atoms with van der Waals surface area (Å²) in [6.07, 6.45) is 3.24. The van der Waals surface area contributed by atoms with Crippen LogP contribution in [0.5, 0.6) is 0 Å². The highest BCUT2D eigenvalue weighted by Crippen LogP contribution is 2.26. The van der Waals surface area contributed by atoms with Gasteiger partial charge in [0.25, 0.3) is 5.56 Å². The van der Waals surface area contributed by atoms with E-state index in [1.165, 1.54) is 0 Å². The molecule has 1 heterocycles. The van der Waals surface area contributed by atoms with Gasteiger partial charge in [-0.2, -0.15) is 0 Å². The first-order valence-electron chi connectivity index (χ1n) is 5.38. The third-order valence-corrected chi connectivity index (χ3v) is 2.85. The van der Waals surface area contributed by atoms with Crippen molar-refractivity contribution in [3.8, 4) is 0 Å². The fourth-order valence-corrected chi connectivity index (χ4v) is 1.83. The third kappa shape index (κ3) is 1.99. The molecule has 0 spiro atoms. The van der Waals surface area contributed by atoms with Crippen LogP contribution in [0.15, 0.2) is 9.59 Å². The van der Waals surface area contributed by atoms with Gasteiger partial charge in [0, 0.05) is 19.1 Å². The second kappa shape index (κ2) is 4.48. The van der Waals surface area contributed by atoms with Gasteiger partial charge in [-0.15, -0.1) is 5.10 Å². The zero-order valence-corrected chi connectivity index (χ0v) is 8.90. The lowest BCUT2D eigenvalue weighted by atomic mass is 9.91. The molecule has 4 N–H and O–H groups in total. The molecule has 1 aliphatic carbocycles. The Balaban J connectivity index is 2.30. The Morgan fingerprint density at radius 2 is 2.19 bits per heavy atom. The molecule has 16 heavy (non-hydrogen) atoms. The minimum absolute atomic E-state index is 0.259. The van der Waals surface area contributed by atoms with E-state index in [9.17, 15) is 9.59 Å². The molecule has 0 unspecified atom stereocenters. The van der Waals surface area contributed by atoms with Gasteiger partial charge in [-0.1, -0.05) is 0 Å². The highest BCUT2D eigenvalue weighted by atomic mass is 16.2. The Bertz CT molecular complexity index is 461. The van der Waals surface area contributed by atoms with E-state index in [2.05, 4.69) is 15.2 Å². The van der Waals surface area contributed by atoms with E-state index in [-0.39, 0.29) is 5.82 Å². The number of nitrogens with zero attached hydrogens (tertiary/aromatic N) is 2. The SMILES string of the molecule is NCCN(c1n[nH]c(=O)[nH]c1=O)C1CCC1. The molecule has 0 aromatic carbocycles. The topological polar surface area (TPSA) is 108 Å². The summed E-state index contributed by atoms with van der Waals surface area (Å²) < 4.78 is 0. The molecule has 1 aromatic rings. The lowest BCUT2D eigenvalue weighted by Gasteiger charge is -2.37. The van der Waals surface area contributed by atoms with Crippen molar-refractivity contribution >= 4 is 5.82 Å². The Morgan fingerprint density at radius 3 is 2.69 bits per heavy atom. The highest BCUT2D eigenvalue weighted by Gasteiger charge is 2.27. The summed E-state index contributed by atoms with van der Waals surface area (Å²) >= 11 is 0. The Kier molecular flexibility index (Phi) is 3.04. The number of aromatic nitrogens is 3. The van der Waals surface area contributed by atoms with Crippen molar-refractivity contribution in [2.24, 2.45) is 5.73 Å². The monoisotopic (exact) mass is 225 g/mol. The second-order valence-corrected chi connectivity index (χ2v) is 3.90. The third-order valence-electron chi connectivity index (χ3n) is 2.85. The first kappa shape index (κ1) is 10.9. The summed E-state index contributed by atoms with van der Waals surface area (Å²) in [5.41, 5.74) is 4.47. The van der Waals surface area contributed by atoms with Crippen molar-refractivity contribution in [2.75, 3.05) is 18.0 Å². The zero-order chi connectivity index (χ0) is 11.5. The Hall–Kier alpha value is -1.63. The summed E-state index contributed by atoms with van der Waals surface area (Å²) in [7, 11) is 0. The molecule has 7 nitrogen and oxygen atoms in total. The zero-order valence-electron chi connectivity index (χ0n) is 8.90. The van der Waals surface area contributed by atoms with E-state index in [4.69, 9.17) is 5.73 Å². The van der Waals surface area contributed by atoms with Gasteiger partial charge in [0.15, 0.2) is 0 Å². The minimum Gasteiger partial charge on any atom is -0.346 e. The predicted molar refractivity (Wildman–Crippen MR) is 59.5 cm³/mol. The molecule has 0 atom stereocenters. The first-order valence-corrected chi connectivity index (χ1v) is 5.38. The second-order valence-electron chi connectivity index (χ2n) is 3.90. The van der Waals surface area contributed by atoms with Gasteiger partial charge in [-0.05, 0) is 19.3 Å². The minimum atomic E-state index is -0.588. The van der Waals surface area contributed by atoms with Crippen LogP contribution in [-0.2, 0) is 0 Å². The molecule has 1 saturated carbocycles. The maximum absolute atomic E-state index is 11.6. The number of rotatable bonds is 4. The number of H-pyrrole nitrogens is 2. The molecule has 7 heteroatoms. The average Bonchev–Trinajstić information content (AvgIpc) is 2.14. The van der Waals surface area contributed by atoms with Gasteiger partial charge in [0.1, 0.15) is 0 Å². The van der Waals surface area contributed by atoms with Crippen LogP contribution >= 0.6 is 0 Å². The fourth-order valence-electron chi connectivity index (χ4n) is 1.83. The molecule has 0 aliphatic heterocycles.